The van der Waals surface area contributed by atoms with Crippen LogP contribution in [-0.2, 0) is 54.8 Å². The summed E-state index contributed by atoms with van der Waals surface area (Å²) in [6.07, 6.45) is -1.03. The zero-order valence-electron chi connectivity index (χ0n) is 32.7. The van der Waals surface area contributed by atoms with Crippen molar-refractivity contribution in [2.75, 3.05) is 13.1 Å². The van der Waals surface area contributed by atoms with E-state index in [1.165, 1.54) is 24.3 Å². The van der Waals surface area contributed by atoms with Gasteiger partial charge in [-0.2, -0.15) is 0 Å². The Balaban J connectivity index is 1.07. The first-order valence-electron chi connectivity index (χ1n) is 19.1. The van der Waals surface area contributed by atoms with Gasteiger partial charge in [0.15, 0.2) is 0 Å². The fraction of sp³-hybridized carbons (Fsp3) is 0.196. The number of amidine groups is 1. The van der Waals surface area contributed by atoms with Gasteiger partial charge < -0.3 is 30.2 Å². The minimum Gasteiger partial charge on any atom is -0.461 e. The van der Waals surface area contributed by atoms with Crippen LogP contribution in [0.15, 0.2) is 140 Å². The normalized spacial score (nSPS) is 10.9. The van der Waals surface area contributed by atoms with Crippen LogP contribution in [-0.4, -0.2) is 60.7 Å². The van der Waals surface area contributed by atoms with Gasteiger partial charge in [-0.1, -0.05) is 115 Å². The van der Waals surface area contributed by atoms with Gasteiger partial charge in [0.05, 0.1) is 12.0 Å². The van der Waals surface area contributed by atoms with E-state index in [2.05, 4.69) is 21.3 Å². The summed E-state index contributed by atoms with van der Waals surface area (Å²) in [6.45, 7) is 0.272. The molecule has 0 aliphatic rings. The third-order valence-corrected chi connectivity index (χ3v) is 8.89. The molecule has 0 heterocycles. The lowest BCUT2D eigenvalue weighted by Gasteiger charge is -2.18. The topological polar surface area (TPSA) is 202 Å². The number of carbonyl (C=O) groups excluding carboxylic acids is 6. The molecule has 308 valence electrons. The molecule has 4 amide bonds. The number of nitrogens with one attached hydrogen (secondary N) is 5. The highest BCUT2D eigenvalue weighted by molar-refractivity contribution is 6.05. The van der Waals surface area contributed by atoms with E-state index in [0.29, 0.717) is 17.5 Å². The fourth-order valence-electron chi connectivity index (χ4n) is 5.62. The van der Waals surface area contributed by atoms with Gasteiger partial charge in [0.1, 0.15) is 31.7 Å². The van der Waals surface area contributed by atoms with Gasteiger partial charge in [0.25, 0.3) is 5.91 Å². The van der Waals surface area contributed by atoms with Crippen molar-refractivity contribution in [2.45, 2.75) is 45.1 Å². The van der Waals surface area contributed by atoms with Crippen LogP contribution in [0.25, 0.3) is 0 Å². The van der Waals surface area contributed by atoms with Gasteiger partial charge in [-0.25, -0.2) is 9.59 Å². The first-order chi connectivity index (χ1) is 29.1. The van der Waals surface area contributed by atoms with Crippen molar-refractivity contribution in [3.63, 3.8) is 0 Å². The highest BCUT2D eigenvalue weighted by atomic mass is 16.5. The molecule has 5 rings (SSSR count). The number of carbonyl (C=O) groups is 6. The molecular weight excluding hydrogens is 767 g/mol. The van der Waals surface area contributed by atoms with Crippen LogP contribution in [0, 0.1) is 5.41 Å². The lowest BCUT2D eigenvalue weighted by atomic mass is 10.1. The molecule has 5 N–H and O–H groups in total. The zero-order valence-corrected chi connectivity index (χ0v) is 32.7. The van der Waals surface area contributed by atoms with E-state index in [0.717, 1.165) is 22.3 Å². The van der Waals surface area contributed by atoms with Crippen molar-refractivity contribution < 1.29 is 43.0 Å². The average molecular weight is 812 g/mol. The zero-order chi connectivity index (χ0) is 42.5. The average Bonchev–Trinajstić information content (AvgIpc) is 3.27. The third kappa shape index (κ3) is 14.7. The molecule has 14 nitrogen and oxygen atoms in total. The third-order valence-electron chi connectivity index (χ3n) is 8.89. The predicted molar refractivity (Wildman–Crippen MR) is 221 cm³/mol. The predicted octanol–water partition coefficient (Wildman–Crippen LogP) is 5.39. The maximum absolute atomic E-state index is 13.3. The number of hydrogen-bond acceptors (Lipinski definition) is 10. The standard InChI is InChI=1S/C46H45N5O9/c47-42(51-46(57)60-31-35-14-8-3-9-15-35)36-20-22-37(23-21-36)43(54)48-27-25-40(52)50-39(28-41(53)58-29-33-10-4-1-5-11-33)44(55)49-26-24-32-16-18-38(19-17-32)45(56)59-30-34-12-6-2-7-13-34/h1-23,39H,24-31H2,(H,48,54)(H,49,55)(H,50,52)(H2,47,51,57)/t39-/m0/s1. The molecular formula is C46H45N5O9. The van der Waals surface area contributed by atoms with Crippen LogP contribution in [0.4, 0.5) is 4.79 Å². The van der Waals surface area contributed by atoms with E-state index in [4.69, 9.17) is 19.6 Å². The van der Waals surface area contributed by atoms with Crippen LogP contribution >= 0.6 is 0 Å². The Morgan fingerprint density at radius 2 is 1.05 bits per heavy atom. The minimum absolute atomic E-state index is 0.0102. The quantitative estimate of drug-likeness (QED) is 0.0314. The second-order valence-electron chi connectivity index (χ2n) is 13.4. The van der Waals surface area contributed by atoms with Crippen LogP contribution in [0.5, 0.6) is 0 Å². The maximum atomic E-state index is 13.3. The van der Waals surface area contributed by atoms with Gasteiger partial charge in [0.2, 0.25) is 11.8 Å². The molecule has 0 aromatic heterocycles. The molecule has 0 bridgehead atoms. The lowest BCUT2D eigenvalue weighted by Crippen LogP contribution is -2.49. The second kappa shape index (κ2) is 23.0. The monoisotopic (exact) mass is 811 g/mol. The van der Waals surface area contributed by atoms with E-state index in [-0.39, 0.29) is 50.7 Å². The summed E-state index contributed by atoms with van der Waals surface area (Å²) in [4.78, 5) is 76.5. The Hall–Kier alpha value is -7.61. The van der Waals surface area contributed by atoms with Crippen molar-refractivity contribution in [3.05, 3.63) is 178 Å². The summed E-state index contributed by atoms with van der Waals surface area (Å²) < 4.78 is 15.9. The number of alkyl carbamates (subject to hydrolysis) is 1. The van der Waals surface area contributed by atoms with E-state index in [1.807, 2.05) is 54.6 Å². The fourth-order valence-corrected chi connectivity index (χ4v) is 5.62. The van der Waals surface area contributed by atoms with Crippen LogP contribution < -0.4 is 21.3 Å². The molecule has 5 aromatic carbocycles. The van der Waals surface area contributed by atoms with Gasteiger partial charge in [0, 0.05) is 30.6 Å². The summed E-state index contributed by atoms with van der Waals surface area (Å²) in [5, 5.41) is 18.5. The van der Waals surface area contributed by atoms with Crippen molar-refractivity contribution in [1.29, 1.82) is 5.41 Å². The Morgan fingerprint density at radius 1 is 0.533 bits per heavy atom. The molecule has 0 fully saturated rings. The number of benzene rings is 5. The van der Waals surface area contributed by atoms with Gasteiger partial charge in [-0.15, -0.1) is 0 Å². The summed E-state index contributed by atoms with van der Waals surface area (Å²) in [5.74, 6) is -3.06. The Kier molecular flexibility index (Phi) is 16.6. The van der Waals surface area contributed by atoms with Crippen LogP contribution in [0.1, 0.15) is 61.4 Å². The lowest BCUT2D eigenvalue weighted by molar-refractivity contribution is -0.147. The number of amides is 4. The summed E-state index contributed by atoms with van der Waals surface area (Å²) >= 11 is 0. The van der Waals surface area contributed by atoms with E-state index in [1.54, 1.807) is 60.7 Å². The Morgan fingerprint density at radius 3 is 1.63 bits per heavy atom. The molecule has 14 heteroatoms. The molecule has 0 unspecified atom stereocenters. The van der Waals surface area contributed by atoms with Gasteiger partial charge >= 0.3 is 18.0 Å². The van der Waals surface area contributed by atoms with E-state index >= 15 is 0 Å². The van der Waals surface area contributed by atoms with Gasteiger partial charge in [-0.05, 0) is 52.9 Å². The van der Waals surface area contributed by atoms with Crippen LogP contribution in [0.3, 0.4) is 0 Å². The smallest absolute Gasteiger partial charge is 0.413 e. The molecule has 5 aromatic rings. The van der Waals surface area contributed by atoms with E-state index < -0.39 is 48.2 Å². The van der Waals surface area contributed by atoms with Crippen molar-refractivity contribution >= 4 is 41.6 Å². The number of esters is 2. The molecule has 0 saturated heterocycles. The maximum Gasteiger partial charge on any atom is 0.413 e. The first-order valence-corrected chi connectivity index (χ1v) is 19.1. The summed E-state index contributed by atoms with van der Waals surface area (Å²) in [5.41, 5.74) is 4.22. The highest BCUT2D eigenvalue weighted by Gasteiger charge is 2.25. The first kappa shape index (κ1) is 43.5. The number of ether oxygens (including phenoxy) is 3. The molecule has 0 radical (unpaired) electrons. The Labute approximate surface area is 347 Å². The van der Waals surface area contributed by atoms with E-state index in [9.17, 15) is 28.8 Å². The molecule has 1 atom stereocenters. The second-order valence-corrected chi connectivity index (χ2v) is 13.4. The summed E-state index contributed by atoms with van der Waals surface area (Å²) in [7, 11) is 0. The van der Waals surface area contributed by atoms with Crippen LogP contribution in [0.2, 0.25) is 0 Å². The largest absolute Gasteiger partial charge is 0.461 e. The molecule has 0 spiro atoms. The minimum atomic E-state index is -1.26. The molecule has 0 aliphatic carbocycles. The van der Waals surface area contributed by atoms with Crippen molar-refractivity contribution in [1.82, 2.24) is 21.3 Å². The number of rotatable bonds is 19. The SMILES string of the molecule is N=C(NC(=O)OCc1ccccc1)c1ccc(C(=O)NCCC(=O)N[C@@H](CC(=O)OCc2ccccc2)C(=O)NCCc2ccc(C(=O)OCc3ccccc3)cc2)cc1. The highest BCUT2D eigenvalue weighted by Crippen LogP contribution is 2.11. The molecule has 0 aliphatic heterocycles. The number of hydrogen-bond donors (Lipinski definition) is 5. The van der Waals surface area contributed by atoms with Gasteiger partial charge in [-0.3, -0.25) is 29.9 Å². The van der Waals surface area contributed by atoms with Crippen molar-refractivity contribution in [3.8, 4) is 0 Å². The summed E-state index contributed by atoms with van der Waals surface area (Å²) in [6, 6.07) is 38.9. The molecule has 60 heavy (non-hydrogen) atoms. The Bertz CT molecular complexity index is 2220. The molecule has 0 saturated carbocycles. The van der Waals surface area contributed by atoms with Crippen molar-refractivity contribution in [2.24, 2.45) is 0 Å².